The fraction of sp³-hybridized carbons (Fsp3) is 0.333. The average Bonchev–Trinajstić information content (AvgIpc) is 2.24. The van der Waals surface area contributed by atoms with Gasteiger partial charge in [0.25, 0.3) is 5.69 Å². The van der Waals surface area contributed by atoms with Gasteiger partial charge >= 0.3 is 0 Å². The second-order valence-corrected chi connectivity index (χ2v) is 5.18. The van der Waals surface area contributed by atoms with E-state index < -0.39 is 14.9 Å². The van der Waals surface area contributed by atoms with E-state index in [9.17, 15) is 18.5 Å². The predicted octanol–water partition coefficient (Wildman–Crippen LogP) is 0.653. The smallest absolute Gasteiger partial charge is 0.270 e. The van der Waals surface area contributed by atoms with Gasteiger partial charge in [-0.15, -0.1) is 0 Å². The van der Waals surface area contributed by atoms with Crippen LogP contribution in [0.1, 0.15) is 5.56 Å². The SMILES string of the molecule is COc1ccc([N+](=O)[O-])cc1CNS(C)(=O)=O. The summed E-state index contributed by atoms with van der Waals surface area (Å²) in [5.41, 5.74) is 0.295. The van der Waals surface area contributed by atoms with Crippen LogP contribution < -0.4 is 9.46 Å². The molecular formula is C9H12N2O5S. The molecule has 17 heavy (non-hydrogen) atoms. The molecule has 1 rings (SSSR count). The number of hydrogen-bond donors (Lipinski definition) is 1. The minimum Gasteiger partial charge on any atom is -0.496 e. The highest BCUT2D eigenvalue weighted by atomic mass is 32.2. The van der Waals surface area contributed by atoms with Crippen LogP contribution in [0.4, 0.5) is 5.69 Å². The number of sulfonamides is 1. The lowest BCUT2D eigenvalue weighted by Gasteiger charge is -2.08. The van der Waals surface area contributed by atoms with Gasteiger partial charge in [0.05, 0.1) is 18.3 Å². The fourth-order valence-corrected chi connectivity index (χ4v) is 1.64. The van der Waals surface area contributed by atoms with E-state index in [1.807, 2.05) is 0 Å². The van der Waals surface area contributed by atoms with Crippen LogP contribution in [0.2, 0.25) is 0 Å². The Morgan fingerprint density at radius 2 is 2.12 bits per heavy atom. The molecule has 0 aliphatic carbocycles. The molecule has 0 aliphatic heterocycles. The Balaban J connectivity index is 3.02. The van der Waals surface area contributed by atoms with Gasteiger partial charge in [-0.2, -0.15) is 0 Å². The van der Waals surface area contributed by atoms with E-state index >= 15 is 0 Å². The van der Waals surface area contributed by atoms with E-state index in [-0.39, 0.29) is 12.2 Å². The highest BCUT2D eigenvalue weighted by Gasteiger charge is 2.12. The first-order valence-corrected chi connectivity index (χ1v) is 6.48. The van der Waals surface area contributed by atoms with E-state index in [1.54, 1.807) is 0 Å². The molecule has 7 nitrogen and oxygen atoms in total. The summed E-state index contributed by atoms with van der Waals surface area (Å²) in [5, 5.41) is 10.6. The maximum atomic E-state index is 10.9. The monoisotopic (exact) mass is 260 g/mol. The summed E-state index contributed by atoms with van der Waals surface area (Å²) in [6.07, 6.45) is 1.01. The first-order valence-electron chi connectivity index (χ1n) is 4.59. The van der Waals surface area contributed by atoms with Crippen molar-refractivity contribution >= 4 is 15.7 Å². The molecule has 1 N–H and O–H groups in total. The number of nitrogens with zero attached hydrogens (tertiary/aromatic N) is 1. The third kappa shape index (κ3) is 4.00. The second kappa shape index (κ2) is 5.11. The summed E-state index contributed by atoms with van der Waals surface area (Å²) in [6, 6.07) is 4.00. The summed E-state index contributed by atoms with van der Waals surface area (Å²) in [7, 11) is -1.95. The van der Waals surface area contributed by atoms with Gasteiger partial charge in [0, 0.05) is 24.2 Å². The second-order valence-electron chi connectivity index (χ2n) is 3.35. The van der Waals surface area contributed by atoms with Crippen LogP contribution in [0, 0.1) is 10.1 Å². The molecule has 0 spiro atoms. The zero-order valence-electron chi connectivity index (χ0n) is 9.34. The molecule has 0 aliphatic rings. The van der Waals surface area contributed by atoms with Crippen molar-refractivity contribution in [2.45, 2.75) is 6.54 Å². The first kappa shape index (κ1) is 13.4. The molecule has 0 bridgehead atoms. The molecule has 0 heterocycles. The van der Waals surface area contributed by atoms with Gasteiger partial charge in [-0.3, -0.25) is 10.1 Å². The number of nitro groups is 1. The topological polar surface area (TPSA) is 98.5 Å². The lowest BCUT2D eigenvalue weighted by atomic mass is 10.2. The highest BCUT2D eigenvalue weighted by Crippen LogP contribution is 2.23. The van der Waals surface area contributed by atoms with Crippen molar-refractivity contribution in [3.05, 3.63) is 33.9 Å². The maximum absolute atomic E-state index is 10.9. The molecule has 1 aromatic carbocycles. The Morgan fingerprint density at radius 1 is 1.47 bits per heavy atom. The van der Waals surface area contributed by atoms with Crippen LogP contribution in [-0.2, 0) is 16.6 Å². The lowest BCUT2D eigenvalue weighted by molar-refractivity contribution is -0.384. The van der Waals surface area contributed by atoms with Crippen LogP contribution in [0.15, 0.2) is 18.2 Å². The Morgan fingerprint density at radius 3 is 2.59 bits per heavy atom. The van der Waals surface area contributed by atoms with E-state index in [2.05, 4.69) is 4.72 Å². The highest BCUT2D eigenvalue weighted by molar-refractivity contribution is 7.88. The van der Waals surface area contributed by atoms with Gasteiger partial charge in [0.1, 0.15) is 5.75 Å². The molecule has 0 saturated carbocycles. The minimum atomic E-state index is -3.36. The van der Waals surface area contributed by atoms with Crippen molar-refractivity contribution in [1.82, 2.24) is 4.72 Å². The van der Waals surface area contributed by atoms with Gasteiger partial charge < -0.3 is 4.74 Å². The number of ether oxygens (including phenoxy) is 1. The molecule has 0 saturated heterocycles. The fourth-order valence-electron chi connectivity index (χ4n) is 1.23. The van der Waals surface area contributed by atoms with Crippen LogP contribution in [0.3, 0.4) is 0 Å². The maximum Gasteiger partial charge on any atom is 0.270 e. The van der Waals surface area contributed by atoms with Crippen LogP contribution in [0.5, 0.6) is 5.75 Å². The quantitative estimate of drug-likeness (QED) is 0.619. The van der Waals surface area contributed by atoms with Crippen molar-refractivity contribution in [2.75, 3.05) is 13.4 Å². The van der Waals surface area contributed by atoms with Gasteiger partial charge in [-0.05, 0) is 6.07 Å². The van der Waals surface area contributed by atoms with Crippen molar-refractivity contribution in [1.29, 1.82) is 0 Å². The summed E-state index contributed by atoms with van der Waals surface area (Å²) in [6.45, 7) is -0.0519. The molecule has 94 valence electrons. The largest absolute Gasteiger partial charge is 0.496 e. The normalized spacial score (nSPS) is 11.2. The van der Waals surface area contributed by atoms with Crippen molar-refractivity contribution in [2.24, 2.45) is 0 Å². The summed E-state index contributed by atoms with van der Waals surface area (Å²) in [4.78, 5) is 10.0. The number of non-ortho nitro benzene ring substituents is 1. The van der Waals surface area contributed by atoms with Gasteiger partial charge in [-0.1, -0.05) is 0 Å². The molecule has 0 fully saturated rings. The minimum absolute atomic E-state index is 0.0519. The lowest BCUT2D eigenvalue weighted by Crippen LogP contribution is -2.21. The number of benzene rings is 1. The van der Waals surface area contributed by atoms with E-state index in [1.165, 1.54) is 25.3 Å². The number of rotatable bonds is 5. The molecule has 0 radical (unpaired) electrons. The molecule has 0 aromatic heterocycles. The number of methoxy groups -OCH3 is 1. The average molecular weight is 260 g/mol. The van der Waals surface area contributed by atoms with Crippen LogP contribution in [0.25, 0.3) is 0 Å². The molecule has 8 heteroatoms. The van der Waals surface area contributed by atoms with E-state index in [0.717, 1.165) is 6.26 Å². The third-order valence-electron chi connectivity index (χ3n) is 2.00. The summed E-state index contributed by atoms with van der Waals surface area (Å²) in [5.74, 6) is 0.395. The zero-order chi connectivity index (χ0) is 13.1. The Labute approximate surface area is 98.6 Å². The standard InChI is InChI=1S/C9H12N2O5S/c1-16-9-4-3-8(11(12)13)5-7(9)6-10-17(2,14)15/h3-5,10H,6H2,1-2H3. The van der Waals surface area contributed by atoms with Crippen molar-refractivity contribution in [3.63, 3.8) is 0 Å². The molecular weight excluding hydrogens is 248 g/mol. The number of nitrogens with one attached hydrogen (secondary N) is 1. The Hall–Kier alpha value is -1.67. The van der Waals surface area contributed by atoms with E-state index in [4.69, 9.17) is 4.74 Å². The van der Waals surface area contributed by atoms with Gasteiger partial charge in [-0.25, -0.2) is 13.1 Å². The van der Waals surface area contributed by atoms with Crippen LogP contribution >= 0.6 is 0 Å². The molecule has 0 unspecified atom stereocenters. The summed E-state index contributed by atoms with van der Waals surface area (Å²) < 4.78 is 29.1. The summed E-state index contributed by atoms with van der Waals surface area (Å²) >= 11 is 0. The molecule has 0 atom stereocenters. The molecule has 1 aromatic rings. The number of nitro benzene ring substituents is 1. The number of hydrogen-bond acceptors (Lipinski definition) is 5. The van der Waals surface area contributed by atoms with Gasteiger partial charge in [0.15, 0.2) is 0 Å². The predicted molar refractivity (Wildman–Crippen MR) is 61.3 cm³/mol. The first-order chi connectivity index (χ1) is 7.83. The Bertz CT molecular complexity index is 526. The Kier molecular flexibility index (Phi) is 4.02. The van der Waals surface area contributed by atoms with Gasteiger partial charge in [0.2, 0.25) is 10.0 Å². The molecule has 0 amide bonds. The van der Waals surface area contributed by atoms with Crippen molar-refractivity contribution < 1.29 is 18.1 Å². The van der Waals surface area contributed by atoms with Crippen molar-refractivity contribution in [3.8, 4) is 5.75 Å². The zero-order valence-corrected chi connectivity index (χ0v) is 10.2. The third-order valence-corrected chi connectivity index (χ3v) is 2.67. The van der Waals surface area contributed by atoms with E-state index in [0.29, 0.717) is 11.3 Å². The van der Waals surface area contributed by atoms with Crippen LogP contribution in [-0.4, -0.2) is 26.7 Å².